The molecule has 1 heterocycles. The zero-order chi connectivity index (χ0) is 15.5. The van der Waals surface area contributed by atoms with Crippen LogP contribution in [0.4, 0.5) is 0 Å². The summed E-state index contributed by atoms with van der Waals surface area (Å²) < 4.78 is 0. The average molecular weight is 314 g/mol. The molecule has 0 aromatic heterocycles. The van der Waals surface area contributed by atoms with Gasteiger partial charge in [-0.15, -0.1) is 5.06 Å². The highest BCUT2D eigenvalue weighted by atomic mass is 35.5. The van der Waals surface area contributed by atoms with Gasteiger partial charge in [0.2, 0.25) is 0 Å². The van der Waals surface area contributed by atoms with Crippen LogP contribution >= 0.6 is 11.6 Å². The molecule has 114 valence electrons. The van der Waals surface area contributed by atoms with Gasteiger partial charge in [-0.1, -0.05) is 78.7 Å². The van der Waals surface area contributed by atoms with E-state index in [1.165, 1.54) is 11.1 Å². The van der Waals surface area contributed by atoms with E-state index in [4.69, 9.17) is 16.4 Å². The number of halogens is 1. The highest BCUT2D eigenvalue weighted by Crippen LogP contribution is 2.42. The normalized spacial score (nSPS) is 19.6. The monoisotopic (exact) mass is 313 g/mol. The van der Waals surface area contributed by atoms with E-state index in [1.807, 2.05) is 11.1 Å². The number of rotatable bonds is 4. The van der Waals surface area contributed by atoms with E-state index >= 15 is 0 Å². The van der Waals surface area contributed by atoms with Crippen LogP contribution in [0, 0.1) is 6.92 Å². The molecule has 2 aromatic rings. The third kappa shape index (κ3) is 2.90. The fourth-order valence-corrected chi connectivity index (χ4v) is 3.17. The Kier molecular flexibility index (Phi) is 4.51. The minimum Gasteiger partial charge on any atom is -0.411 e. The van der Waals surface area contributed by atoms with Crippen LogP contribution in [0.2, 0.25) is 0 Å². The van der Waals surface area contributed by atoms with E-state index in [2.05, 4.69) is 62.4 Å². The predicted molar refractivity (Wildman–Crippen MR) is 90.3 cm³/mol. The Bertz CT molecular complexity index is 651. The van der Waals surface area contributed by atoms with E-state index in [-0.39, 0.29) is 12.1 Å². The zero-order valence-electron chi connectivity index (χ0n) is 12.9. The van der Waals surface area contributed by atoms with Crippen molar-refractivity contribution in [2.75, 3.05) is 0 Å². The van der Waals surface area contributed by atoms with Gasteiger partial charge in [-0.3, -0.25) is 0 Å². The lowest BCUT2D eigenvalue weighted by molar-refractivity contribution is -0.142. The first-order valence-electron chi connectivity index (χ1n) is 7.63. The summed E-state index contributed by atoms with van der Waals surface area (Å²) in [5, 5.41) is 2.72. The van der Waals surface area contributed by atoms with Crippen molar-refractivity contribution in [2.45, 2.75) is 32.4 Å². The summed E-state index contributed by atoms with van der Waals surface area (Å²) >= 11 is 6.43. The van der Waals surface area contributed by atoms with Crippen molar-refractivity contribution in [2.24, 2.45) is 0 Å². The van der Waals surface area contributed by atoms with Crippen LogP contribution in [0.15, 0.2) is 65.9 Å². The van der Waals surface area contributed by atoms with Gasteiger partial charge in [0.05, 0.1) is 11.1 Å². The second-order valence-electron chi connectivity index (χ2n) is 5.62. The molecule has 2 nitrogen and oxygen atoms in total. The summed E-state index contributed by atoms with van der Waals surface area (Å²) in [6, 6.07) is 19.0. The zero-order valence-corrected chi connectivity index (χ0v) is 13.6. The molecule has 2 atom stereocenters. The minimum atomic E-state index is -0.0487. The second-order valence-corrected chi connectivity index (χ2v) is 6.05. The molecule has 0 aliphatic carbocycles. The van der Waals surface area contributed by atoms with Gasteiger partial charge < -0.3 is 4.84 Å². The molecule has 1 aliphatic rings. The van der Waals surface area contributed by atoms with Crippen LogP contribution in [-0.2, 0) is 4.84 Å². The maximum atomic E-state index is 6.43. The molecule has 3 rings (SSSR count). The van der Waals surface area contributed by atoms with Gasteiger partial charge in [0.15, 0.2) is 0 Å². The molecule has 0 bridgehead atoms. The van der Waals surface area contributed by atoms with Gasteiger partial charge in [-0.05, 0) is 24.5 Å². The minimum absolute atomic E-state index is 0.0487. The lowest BCUT2D eigenvalue weighted by Crippen LogP contribution is -2.28. The number of hydrogen-bond acceptors (Lipinski definition) is 2. The first kappa shape index (κ1) is 15.1. The van der Waals surface area contributed by atoms with E-state index in [1.54, 1.807) is 6.26 Å². The highest BCUT2D eigenvalue weighted by Gasteiger charge is 2.35. The van der Waals surface area contributed by atoms with Gasteiger partial charge >= 0.3 is 0 Å². The summed E-state index contributed by atoms with van der Waals surface area (Å²) in [4.78, 5) is 5.81. The molecule has 3 heteroatoms. The van der Waals surface area contributed by atoms with Gasteiger partial charge in [0.1, 0.15) is 12.3 Å². The summed E-state index contributed by atoms with van der Waals surface area (Å²) in [5.41, 5.74) is 3.63. The van der Waals surface area contributed by atoms with Crippen molar-refractivity contribution >= 4 is 11.6 Å². The van der Waals surface area contributed by atoms with Gasteiger partial charge in [-0.25, -0.2) is 0 Å². The van der Waals surface area contributed by atoms with Crippen molar-refractivity contribution in [3.63, 3.8) is 0 Å². The molecule has 0 N–H and O–H groups in total. The Hall–Kier alpha value is -1.77. The van der Waals surface area contributed by atoms with Crippen LogP contribution in [0.5, 0.6) is 0 Å². The number of aryl methyl sites for hydroxylation is 1. The molecule has 0 radical (unpaired) electrons. The maximum absolute atomic E-state index is 6.43. The maximum Gasteiger partial charge on any atom is 0.128 e. The van der Waals surface area contributed by atoms with Gasteiger partial charge in [-0.2, -0.15) is 0 Å². The first-order chi connectivity index (χ1) is 10.7. The lowest BCUT2D eigenvalue weighted by Gasteiger charge is -2.31. The molecule has 1 aliphatic heterocycles. The van der Waals surface area contributed by atoms with Crippen LogP contribution < -0.4 is 0 Å². The molecule has 0 amide bonds. The van der Waals surface area contributed by atoms with E-state index in [9.17, 15) is 0 Å². The van der Waals surface area contributed by atoms with Gasteiger partial charge in [0.25, 0.3) is 0 Å². The molecule has 0 saturated heterocycles. The van der Waals surface area contributed by atoms with Gasteiger partial charge in [0, 0.05) is 0 Å². The van der Waals surface area contributed by atoms with Crippen LogP contribution in [-0.4, -0.2) is 5.06 Å². The molecule has 0 fully saturated rings. The number of benzene rings is 2. The topological polar surface area (TPSA) is 12.5 Å². The summed E-state index contributed by atoms with van der Waals surface area (Å²) in [6.07, 6.45) is 2.60. The number of hydrogen-bond donors (Lipinski definition) is 0. The lowest BCUT2D eigenvalue weighted by atomic mass is 9.99. The van der Waals surface area contributed by atoms with Crippen molar-refractivity contribution in [1.29, 1.82) is 0 Å². The smallest absolute Gasteiger partial charge is 0.128 e. The van der Waals surface area contributed by atoms with Crippen LogP contribution in [0.25, 0.3) is 0 Å². The quantitative estimate of drug-likeness (QED) is 0.737. The first-order valence-corrected chi connectivity index (χ1v) is 8.00. The summed E-state index contributed by atoms with van der Waals surface area (Å²) in [5.74, 6) is 0. The molecule has 0 saturated carbocycles. The molecule has 2 aromatic carbocycles. The Morgan fingerprint density at radius 3 is 2.41 bits per heavy atom. The third-order valence-electron chi connectivity index (χ3n) is 4.07. The van der Waals surface area contributed by atoms with Crippen molar-refractivity contribution in [3.05, 3.63) is 82.6 Å². The Balaban J connectivity index is 1.93. The predicted octanol–water partition coefficient (Wildman–Crippen LogP) is 5.51. The van der Waals surface area contributed by atoms with E-state index < -0.39 is 0 Å². The second kappa shape index (κ2) is 6.55. The average Bonchev–Trinajstić information content (AvgIpc) is 2.92. The van der Waals surface area contributed by atoms with Crippen molar-refractivity contribution in [3.8, 4) is 0 Å². The largest absolute Gasteiger partial charge is 0.411 e. The summed E-state index contributed by atoms with van der Waals surface area (Å²) in [7, 11) is 0. The van der Waals surface area contributed by atoms with Crippen LogP contribution in [0.3, 0.4) is 0 Å². The highest BCUT2D eigenvalue weighted by molar-refractivity contribution is 6.30. The number of nitrogens with zero attached hydrogens (tertiary/aromatic N) is 1. The standard InChI is InChI=1S/C19H20ClNO/c1-3-18(15-7-5-4-6-8-15)21-19(17(20)13-22-21)16-11-9-14(2)10-12-16/h4-13,18-19H,3H2,1-2H3. The molecular formula is C19H20ClNO. The molecule has 22 heavy (non-hydrogen) atoms. The third-order valence-corrected chi connectivity index (χ3v) is 4.37. The van der Waals surface area contributed by atoms with Crippen molar-refractivity contribution in [1.82, 2.24) is 5.06 Å². The van der Waals surface area contributed by atoms with Crippen LogP contribution in [0.1, 0.15) is 42.1 Å². The molecule has 2 unspecified atom stereocenters. The van der Waals surface area contributed by atoms with E-state index in [0.717, 1.165) is 17.0 Å². The Morgan fingerprint density at radius 2 is 1.77 bits per heavy atom. The van der Waals surface area contributed by atoms with Crippen molar-refractivity contribution < 1.29 is 4.84 Å². The fourth-order valence-electron chi connectivity index (χ4n) is 2.90. The fraction of sp³-hybridized carbons (Fsp3) is 0.263. The molecular weight excluding hydrogens is 294 g/mol. The SMILES string of the molecule is CCC(c1ccccc1)N1OC=C(Cl)C1c1ccc(C)cc1. The Labute approximate surface area is 136 Å². The number of hydroxylamine groups is 2. The Morgan fingerprint density at radius 1 is 1.09 bits per heavy atom. The molecule has 0 spiro atoms. The van der Waals surface area contributed by atoms with E-state index in [0.29, 0.717) is 0 Å². The summed E-state index contributed by atoms with van der Waals surface area (Å²) in [6.45, 7) is 4.25.